The van der Waals surface area contributed by atoms with Crippen molar-refractivity contribution in [3.63, 3.8) is 0 Å². The van der Waals surface area contributed by atoms with Gasteiger partial charge in [0.2, 0.25) is 0 Å². The van der Waals surface area contributed by atoms with Gasteiger partial charge >= 0.3 is 0 Å². The zero-order valence-corrected chi connectivity index (χ0v) is 18.8. The Morgan fingerprint density at radius 1 is 0.969 bits per heavy atom. The molecular weight excluding hydrogens is 422 g/mol. The Hall–Kier alpha value is -3.45. The van der Waals surface area contributed by atoms with Crippen molar-refractivity contribution in [3.8, 4) is 0 Å². The van der Waals surface area contributed by atoms with Gasteiger partial charge in [-0.2, -0.15) is 0 Å². The van der Waals surface area contributed by atoms with Crippen LogP contribution in [0.2, 0.25) is 0 Å². The molecule has 0 unspecified atom stereocenters. The zero-order valence-electron chi connectivity index (χ0n) is 18.0. The molecule has 0 saturated carbocycles. The fraction of sp³-hybridized carbons (Fsp3) is 0.200. The summed E-state index contributed by atoms with van der Waals surface area (Å²) >= 11 is 0. The van der Waals surface area contributed by atoms with E-state index in [1.807, 2.05) is 54.9 Å². The molecule has 0 aliphatic carbocycles. The van der Waals surface area contributed by atoms with Gasteiger partial charge in [0.05, 0.1) is 33.1 Å². The molecule has 0 radical (unpaired) electrons. The first kappa shape index (κ1) is 21.8. The minimum absolute atomic E-state index is 0.0632. The normalized spacial score (nSPS) is 11.7. The van der Waals surface area contributed by atoms with Crippen molar-refractivity contribution in [2.45, 2.75) is 37.1 Å². The number of hydrogen-bond donors (Lipinski definition) is 1. The molecule has 0 spiro atoms. The van der Waals surface area contributed by atoms with E-state index in [9.17, 15) is 13.2 Å². The van der Waals surface area contributed by atoms with Gasteiger partial charge in [0.25, 0.3) is 5.91 Å². The number of benzene rings is 3. The van der Waals surface area contributed by atoms with Crippen LogP contribution in [0.1, 0.15) is 35.3 Å². The number of fused-ring (bicyclic) bond motifs is 1. The summed E-state index contributed by atoms with van der Waals surface area (Å²) in [5.74, 6) is -0.407. The molecule has 4 aromatic rings. The van der Waals surface area contributed by atoms with E-state index in [-0.39, 0.29) is 10.5 Å². The number of sulfone groups is 1. The lowest BCUT2D eigenvalue weighted by Crippen LogP contribution is -2.26. The standard InChI is InChI=1S/C25H25N3O3S/c1-18(2)32(30,31)24-13-6-3-10-21(24)25(29)26-15-19-8-7-9-20(14-19)16-28-17-27-22-11-4-5-12-23(22)28/h3-14,17-18H,15-16H2,1-2H3,(H,26,29). The Labute approximate surface area is 187 Å². The SMILES string of the molecule is CC(C)S(=O)(=O)c1ccccc1C(=O)NCc1cccc(Cn2cnc3ccccc32)c1. The number of carbonyl (C=O) groups is 1. The third kappa shape index (κ3) is 4.43. The highest BCUT2D eigenvalue weighted by Gasteiger charge is 2.25. The first-order chi connectivity index (χ1) is 15.4. The topological polar surface area (TPSA) is 81.1 Å². The predicted octanol–water partition coefficient (Wildman–Crippen LogP) is 4.20. The van der Waals surface area contributed by atoms with Gasteiger partial charge in [-0.15, -0.1) is 0 Å². The zero-order chi connectivity index (χ0) is 22.7. The lowest BCUT2D eigenvalue weighted by atomic mass is 10.1. The number of amides is 1. The minimum Gasteiger partial charge on any atom is -0.348 e. The van der Waals surface area contributed by atoms with E-state index in [0.29, 0.717) is 13.1 Å². The maximum Gasteiger partial charge on any atom is 0.252 e. The molecule has 0 aliphatic heterocycles. The second-order valence-electron chi connectivity index (χ2n) is 7.95. The molecular formula is C25H25N3O3S. The third-order valence-electron chi connectivity index (χ3n) is 5.38. The molecule has 3 aromatic carbocycles. The number of rotatable bonds is 7. The van der Waals surface area contributed by atoms with Crippen molar-refractivity contribution in [2.24, 2.45) is 0 Å². The molecule has 0 atom stereocenters. The van der Waals surface area contributed by atoms with E-state index in [1.54, 1.807) is 32.0 Å². The Morgan fingerprint density at radius 2 is 1.69 bits per heavy atom. The van der Waals surface area contributed by atoms with Gasteiger partial charge in [0.1, 0.15) is 0 Å². The van der Waals surface area contributed by atoms with Crippen molar-refractivity contribution in [1.29, 1.82) is 0 Å². The van der Waals surface area contributed by atoms with E-state index in [1.165, 1.54) is 6.07 Å². The van der Waals surface area contributed by atoms with Crippen LogP contribution in [0.3, 0.4) is 0 Å². The summed E-state index contributed by atoms with van der Waals surface area (Å²) in [4.78, 5) is 17.3. The molecule has 0 saturated heterocycles. The first-order valence-corrected chi connectivity index (χ1v) is 12.0. The highest BCUT2D eigenvalue weighted by molar-refractivity contribution is 7.92. The fourth-order valence-corrected chi connectivity index (χ4v) is 4.85. The minimum atomic E-state index is -3.56. The second-order valence-corrected chi connectivity index (χ2v) is 10.4. The van der Waals surface area contributed by atoms with E-state index >= 15 is 0 Å². The number of imidazole rings is 1. The van der Waals surface area contributed by atoms with Crippen molar-refractivity contribution >= 4 is 26.8 Å². The summed E-state index contributed by atoms with van der Waals surface area (Å²) < 4.78 is 27.3. The first-order valence-electron chi connectivity index (χ1n) is 10.4. The maximum absolute atomic E-state index is 12.8. The van der Waals surface area contributed by atoms with Crippen LogP contribution in [0.15, 0.2) is 84.0 Å². The van der Waals surface area contributed by atoms with Crippen molar-refractivity contribution < 1.29 is 13.2 Å². The van der Waals surface area contributed by atoms with E-state index in [4.69, 9.17) is 0 Å². The van der Waals surface area contributed by atoms with Gasteiger partial charge < -0.3 is 9.88 Å². The van der Waals surface area contributed by atoms with Gasteiger partial charge in [-0.05, 0) is 49.2 Å². The molecule has 0 aliphatic rings. The smallest absolute Gasteiger partial charge is 0.252 e. The lowest BCUT2D eigenvalue weighted by Gasteiger charge is -2.13. The summed E-state index contributed by atoms with van der Waals surface area (Å²) in [6.07, 6.45) is 1.82. The highest BCUT2D eigenvalue weighted by atomic mass is 32.2. The summed E-state index contributed by atoms with van der Waals surface area (Å²) in [5, 5.41) is 2.26. The Kier molecular flexibility index (Phi) is 6.10. The lowest BCUT2D eigenvalue weighted by molar-refractivity contribution is 0.0947. The molecule has 7 heteroatoms. The van der Waals surface area contributed by atoms with Gasteiger partial charge in [0.15, 0.2) is 9.84 Å². The van der Waals surface area contributed by atoms with Gasteiger partial charge in [0, 0.05) is 13.1 Å². The van der Waals surface area contributed by atoms with Crippen LogP contribution in [0.4, 0.5) is 0 Å². The third-order valence-corrected chi connectivity index (χ3v) is 7.59. The van der Waals surface area contributed by atoms with Crippen LogP contribution < -0.4 is 5.32 Å². The van der Waals surface area contributed by atoms with Crippen molar-refractivity contribution in [2.75, 3.05) is 0 Å². The average molecular weight is 448 g/mol. The number of nitrogens with zero attached hydrogens (tertiary/aromatic N) is 2. The summed E-state index contributed by atoms with van der Waals surface area (Å²) in [6, 6.07) is 22.3. The monoisotopic (exact) mass is 447 g/mol. The van der Waals surface area contributed by atoms with Crippen molar-refractivity contribution in [1.82, 2.24) is 14.9 Å². The number of hydrogen-bond acceptors (Lipinski definition) is 4. The number of carbonyl (C=O) groups excluding carboxylic acids is 1. The molecule has 32 heavy (non-hydrogen) atoms. The Bertz CT molecular complexity index is 1370. The molecule has 1 heterocycles. The van der Waals surface area contributed by atoms with Crippen molar-refractivity contribution in [3.05, 3.63) is 95.8 Å². The molecule has 1 aromatic heterocycles. The van der Waals surface area contributed by atoms with Crippen LogP contribution >= 0.6 is 0 Å². The van der Waals surface area contributed by atoms with Crippen LogP contribution in [-0.2, 0) is 22.9 Å². The molecule has 164 valence electrons. The van der Waals surface area contributed by atoms with Gasteiger partial charge in [-0.1, -0.05) is 48.5 Å². The summed E-state index contributed by atoms with van der Waals surface area (Å²) in [7, 11) is -3.56. The summed E-state index contributed by atoms with van der Waals surface area (Å²) in [6.45, 7) is 4.18. The van der Waals surface area contributed by atoms with Crippen LogP contribution in [-0.4, -0.2) is 29.1 Å². The van der Waals surface area contributed by atoms with E-state index < -0.39 is 21.0 Å². The predicted molar refractivity (Wildman–Crippen MR) is 125 cm³/mol. The number of para-hydroxylation sites is 2. The maximum atomic E-state index is 12.8. The van der Waals surface area contributed by atoms with E-state index in [0.717, 1.165) is 22.2 Å². The molecule has 6 nitrogen and oxygen atoms in total. The van der Waals surface area contributed by atoms with Crippen LogP contribution in [0.25, 0.3) is 11.0 Å². The molecule has 0 fully saturated rings. The Balaban J connectivity index is 1.49. The second kappa shape index (κ2) is 8.96. The Morgan fingerprint density at radius 3 is 2.50 bits per heavy atom. The fourth-order valence-electron chi connectivity index (χ4n) is 3.60. The van der Waals surface area contributed by atoms with Gasteiger partial charge in [-0.25, -0.2) is 13.4 Å². The molecule has 4 rings (SSSR count). The van der Waals surface area contributed by atoms with Crippen LogP contribution in [0, 0.1) is 0 Å². The average Bonchev–Trinajstić information content (AvgIpc) is 3.20. The summed E-state index contributed by atoms with van der Waals surface area (Å²) in [5.41, 5.74) is 4.20. The number of aromatic nitrogens is 2. The molecule has 1 amide bonds. The quantitative estimate of drug-likeness (QED) is 0.460. The molecule has 0 bridgehead atoms. The van der Waals surface area contributed by atoms with Gasteiger partial charge in [-0.3, -0.25) is 4.79 Å². The molecule has 1 N–H and O–H groups in total. The highest BCUT2D eigenvalue weighted by Crippen LogP contribution is 2.21. The van der Waals surface area contributed by atoms with Crippen LogP contribution in [0.5, 0.6) is 0 Å². The number of nitrogens with one attached hydrogen (secondary N) is 1. The van der Waals surface area contributed by atoms with E-state index in [2.05, 4.69) is 14.9 Å². The largest absolute Gasteiger partial charge is 0.348 e.